The number of amides is 1. The summed E-state index contributed by atoms with van der Waals surface area (Å²) in [6.45, 7) is 1.56. The van der Waals surface area contributed by atoms with Crippen LogP contribution < -0.4 is 5.73 Å². The first kappa shape index (κ1) is 10.5. The Morgan fingerprint density at radius 2 is 2.06 bits per heavy atom. The average Bonchev–Trinajstić information content (AvgIpc) is 2.60. The minimum absolute atomic E-state index is 0.284. The number of nitrogens with zero attached hydrogens (tertiary/aromatic N) is 2. The number of halogens is 2. The SMILES string of the molecule is CC(C(N)=O)n1cnc2cc(F)c(F)cc21. The molecular formula is C10H9F2N3O. The molecule has 1 unspecified atom stereocenters. The Bertz CT molecular complexity index is 564. The number of benzene rings is 1. The van der Waals surface area contributed by atoms with E-state index < -0.39 is 23.6 Å². The van der Waals surface area contributed by atoms with Crippen LogP contribution in [0.15, 0.2) is 18.5 Å². The summed E-state index contributed by atoms with van der Waals surface area (Å²) in [7, 11) is 0. The van der Waals surface area contributed by atoms with Gasteiger partial charge < -0.3 is 10.3 Å². The highest BCUT2D eigenvalue weighted by molar-refractivity contribution is 5.82. The highest BCUT2D eigenvalue weighted by Gasteiger charge is 2.16. The van der Waals surface area contributed by atoms with Gasteiger partial charge in [-0.3, -0.25) is 4.79 Å². The average molecular weight is 225 g/mol. The van der Waals surface area contributed by atoms with Gasteiger partial charge in [0.05, 0.1) is 17.4 Å². The van der Waals surface area contributed by atoms with E-state index in [9.17, 15) is 13.6 Å². The number of aromatic nitrogens is 2. The van der Waals surface area contributed by atoms with Gasteiger partial charge in [-0.2, -0.15) is 0 Å². The van der Waals surface area contributed by atoms with Crippen LogP contribution in [0.1, 0.15) is 13.0 Å². The zero-order valence-electron chi connectivity index (χ0n) is 8.45. The molecule has 1 amide bonds. The molecule has 1 heterocycles. The number of fused-ring (bicyclic) bond motifs is 1. The zero-order valence-corrected chi connectivity index (χ0v) is 8.45. The lowest BCUT2D eigenvalue weighted by Crippen LogP contribution is -2.23. The van der Waals surface area contributed by atoms with E-state index >= 15 is 0 Å². The first-order chi connectivity index (χ1) is 7.50. The molecule has 2 aromatic rings. The highest BCUT2D eigenvalue weighted by atomic mass is 19.2. The van der Waals surface area contributed by atoms with E-state index in [2.05, 4.69) is 4.98 Å². The molecule has 0 aliphatic rings. The van der Waals surface area contributed by atoms with E-state index in [1.807, 2.05) is 0 Å². The molecule has 4 nitrogen and oxygen atoms in total. The van der Waals surface area contributed by atoms with Crippen LogP contribution in [-0.4, -0.2) is 15.5 Å². The van der Waals surface area contributed by atoms with Crippen LogP contribution in [0.3, 0.4) is 0 Å². The summed E-state index contributed by atoms with van der Waals surface area (Å²) < 4.78 is 27.3. The number of primary amides is 1. The van der Waals surface area contributed by atoms with Crippen molar-refractivity contribution in [3.8, 4) is 0 Å². The van der Waals surface area contributed by atoms with E-state index in [0.29, 0.717) is 5.52 Å². The maximum absolute atomic E-state index is 13.0. The molecule has 2 N–H and O–H groups in total. The van der Waals surface area contributed by atoms with Crippen LogP contribution in [0.2, 0.25) is 0 Å². The second-order valence-electron chi connectivity index (χ2n) is 3.49. The fourth-order valence-electron chi connectivity index (χ4n) is 1.47. The van der Waals surface area contributed by atoms with Gasteiger partial charge in [-0.15, -0.1) is 0 Å². The summed E-state index contributed by atoms with van der Waals surface area (Å²) in [4.78, 5) is 14.9. The number of nitrogens with two attached hydrogens (primary N) is 1. The molecule has 2 rings (SSSR count). The van der Waals surface area contributed by atoms with Crippen LogP contribution in [0.5, 0.6) is 0 Å². The fraction of sp³-hybridized carbons (Fsp3) is 0.200. The standard InChI is InChI=1S/C10H9F2N3O/c1-5(10(13)16)15-4-14-8-2-6(11)7(12)3-9(8)15/h2-5H,1H3,(H2,13,16). The molecule has 1 aromatic carbocycles. The minimum atomic E-state index is -0.981. The molecule has 1 atom stereocenters. The van der Waals surface area contributed by atoms with Gasteiger partial charge in [0, 0.05) is 12.1 Å². The van der Waals surface area contributed by atoms with Crippen LogP contribution in [0.4, 0.5) is 8.78 Å². The molecule has 16 heavy (non-hydrogen) atoms. The molecule has 6 heteroatoms. The van der Waals surface area contributed by atoms with Crippen molar-refractivity contribution in [2.75, 3.05) is 0 Å². The van der Waals surface area contributed by atoms with Crippen molar-refractivity contribution in [3.05, 3.63) is 30.1 Å². The van der Waals surface area contributed by atoms with Crippen LogP contribution in [-0.2, 0) is 4.79 Å². The van der Waals surface area contributed by atoms with Crippen molar-refractivity contribution in [2.45, 2.75) is 13.0 Å². The topological polar surface area (TPSA) is 60.9 Å². The molecule has 1 aromatic heterocycles. The lowest BCUT2D eigenvalue weighted by molar-refractivity contribution is -0.120. The van der Waals surface area contributed by atoms with Crippen molar-refractivity contribution in [2.24, 2.45) is 5.73 Å². The van der Waals surface area contributed by atoms with Crippen molar-refractivity contribution in [1.82, 2.24) is 9.55 Å². The van der Waals surface area contributed by atoms with Crippen LogP contribution in [0, 0.1) is 11.6 Å². The summed E-state index contributed by atoms with van der Waals surface area (Å²) >= 11 is 0. The van der Waals surface area contributed by atoms with Crippen LogP contribution in [0.25, 0.3) is 11.0 Å². The second kappa shape index (κ2) is 3.55. The molecule has 0 bridgehead atoms. The van der Waals surface area contributed by atoms with E-state index in [-0.39, 0.29) is 5.52 Å². The molecule has 0 spiro atoms. The lowest BCUT2D eigenvalue weighted by atomic mass is 10.2. The first-order valence-corrected chi connectivity index (χ1v) is 4.61. The molecule has 0 radical (unpaired) electrons. The maximum Gasteiger partial charge on any atom is 0.240 e. The van der Waals surface area contributed by atoms with Crippen molar-refractivity contribution in [1.29, 1.82) is 0 Å². The summed E-state index contributed by atoms with van der Waals surface area (Å²) in [5, 5.41) is 0. The number of hydrogen-bond donors (Lipinski definition) is 1. The predicted octanol–water partition coefficient (Wildman–Crippen LogP) is 1.36. The molecule has 0 fully saturated rings. The first-order valence-electron chi connectivity index (χ1n) is 4.61. The fourth-order valence-corrected chi connectivity index (χ4v) is 1.47. The van der Waals surface area contributed by atoms with Crippen molar-refractivity contribution >= 4 is 16.9 Å². The van der Waals surface area contributed by atoms with Gasteiger partial charge in [-0.25, -0.2) is 13.8 Å². The van der Waals surface area contributed by atoms with Gasteiger partial charge in [-0.1, -0.05) is 0 Å². The molecule has 0 aliphatic carbocycles. The Morgan fingerprint density at radius 1 is 1.44 bits per heavy atom. The smallest absolute Gasteiger partial charge is 0.240 e. The maximum atomic E-state index is 13.0. The van der Waals surface area contributed by atoms with Gasteiger partial charge in [0.25, 0.3) is 0 Å². The van der Waals surface area contributed by atoms with Gasteiger partial charge in [-0.05, 0) is 6.92 Å². The Kier molecular flexibility index (Phi) is 2.34. The number of imidazole rings is 1. The van der Waals surface area contributed by atoms with E-state index in [4.69, 9.17) is 5.73 Å². The van der Waals surface area contributed by atoms with Crippen molar-refractivity contribution < 1.29 is 13.6 Å². The highest BCUT2D eigenvalue weighted by Crippen LogP contribution is 2.20. The Morgan fingerprint density at radius 3 is 2.69 bits per heavy atom. The predicted molar refractivity (Wildman–Crippen MR) is 53.6 cm³/mol. The number of carbonyl (C=O) groups is 1. The van der Waals surface area contributed by atoms with Crippen LogP contribution >= 0.6 is 0 Å². The monoisotopic (exact) mass is 225 g/mol. The molecular weight excluding hydrogens is 216 g/mol. The summed E-state index contributed by atoms with van der Waals surface area (Å²) in [6, 6.07) is 1.32. The van der Waals surface area contributed by atoms with E-state index in [1.54, 1.807) is 6.92 Å². The summed E-state index contributed by atoms with van der Waals surface area (Å²) in [6.07, 6.45) is 1.33. The third kappa shape index (κ3) is 1.52. The summed E-state index contributed by atoms with van der Waals surface area (Å²) in [5.74, 6) is -2.51. The Hall–Kier alpha value is -1.98. The molecule has 0 saturated carbocycles. The van der Waals surface area contributed by atoms with Gasteiger partial charge in [0.2, 0.25) is 5.91 Å². The molecule has 0 aliphatic heterocycles. The van der Waals surface area contributed by atoms with E-state index in [0.717, 1.165) is 12.1 Å². The number of carbonyl (C=O) groups excluding carboxylic acids is 1. The number of rotatable bonds is 2. The molecule has 0 saturated heterocycles. The van der Waals surface area contributed by atoms with Crippen molar-refractivity contribution in [3.63, 3.8) is 0 Å². The quantitative estimate of drug-likeness (QED) is 0.838. The molecule has 84 valence electrons. The number of hydrogen-bond acceptors (Lipinski definition) is 2. The zero-order chi connectivity index (χ0) is 11.9. The Labute approximate surface area is 89.7 Å². The third-order valence-electron chi connectivity index (χ3n) is 2.45. The third-order valence-corrected chi connectivity index (χ3v) is 2.45. The summed E-state index contributed by atoms with van der Waals surface area (Å²) in [5.41, 5.74) is 5.75. The largest absolute Gasteiger partial charge is 0.368 e. The second-order valence-corrected chi connectivity index (χ2v) is 3.49. The minimum Gasteiger partial charge on any atom is -0.368 e. The van der Waals surface area contributed by atoms with Gasteiger partial charge in [0.15, 0.2) is 11.6 Å². The normalized spacial score (nSPS) is 12.9. The van der Waals surface area contributed by atoms with Gasteiger partial charge in [0.1, 0.15) is 6.04 Å². The lowest BCUT2D eigenvalue weighted by Gasteiger charge is -2.09. The van der Waals surface area contributed by atoms with E-state index in [1.165, 1.54) is 10.9 Å². The Balaban J connectivity index is 2.65. The van der Waals surface area contributed by atoms with Gasteiger partial charge >= 0.3 is 0 Å².